The Balaban J connectivity index is 1.73. The van der Waals surface area contributed by atoms with Crippen molar-refractivity contribution in [3.05, 3.63) is 64.7 Å². The van der Waals surface area contributed by atoms with Crippen LogP contribution in [0.1, 0.15) is 138 Å². The quantitative estimate of drug-likeness (QED) is 0.182. The second-order valence-corrected chi connectivity index (χ2v) is 11.6. The minimum absolute atomic E-state index is 0.222. The third-order valence-electron chi connectivity index (χ3n) is 8.27. The molecule has 0 aromatic heterocycles. The zero-order valence-corrected chi connectivity index (χ0v) is 24.6. The lowest BCUT2D eigenvalue weighted by Gasteiger charge is -2.37. The van der Waals surface area contributed by atoms with E-state index in [1.54, 1.807) is 18.2 Å². The summed E-state index contributed by atoms with van der Waals surface area (Å²) in [5, 5.41) is 3.09. The van der Waals surface area contributed by atoms with Crippen LogP contribution in [0.5, 0.6) is 5.75 Å². The molecule has 0 saturated carbocycles. The fourth-order valence-electron chi connectivity index (χ4n) is 6.00. The van der Waals surface area contributed by atoms with E-state index < -0.39 is 17.3 Å². The molecule has 6 heteroatoms. The molecule has 1 N–H and O–H groups in total. The minimum Gasteiger partial charge on any atom is -0.445 e. The summed E-state index contributed by atoms with van der Waals surface area (Å²) in [5.41, 5.74) is 0.771. The number of rotatable bonds is 15. The van der Waals surface area contributed by atoms with Gasteiger partial charge in [0.1, 0.15) is 5.75 Å². The van der Waals surface area contributed by atoms with Gasteiger partial charge in [-0.15, -0.1) is 0 Å². The summed E-state index contributed by atoms with van der Waals surface area (Å²) in [7, 11) is 0. The van der Waals surface area contributed by atoms with E-state index in [-0.39, 0.29) is 30.4 Å². The summed E-state index contributed by atoms with van der Waals surface area (Å²) in [6, 6.07) is 12.8. The summed E-state index contributed by atoms with van der Waals surface area (Å²) in [6.07, 6.45) is 10.5. The summed E-state index contributed by atoms with van der Waals surface area (Å²) >= 11 is 0. The number of benzene rings is 2. The molecule has 1 aliphatic heterocycles. The van der Waals surface area contributed by atoms with Crippen LogP contribution in [-0.2, 0) is 25.7 Å². The van der Waals surface area contributed by atoms with Gasteiger partial charge < -0.3 is 14.8 Å². The fourth-order valence-corrected chi connectivity index (χ4v) is 6.00. The van der Waals surface area contributed by atoms with E-state index in [0.29, 0.717) is 28.9 Å². The van der Waals surface area contributed by atoms with Crippen LogP contribution in [-0.4, -0.2) is 17.7 Å². The maximum Gasteiger partial charge on any atom is 0.316 e. The summed E-state index contributed by atoms with van der Waals surface area (Å²) in [6.45, 7) is 8.48. The first kappa shape index (κ1) is 29.8. The van der Waals surface area contributed by atoms with Crippen molar-refractivity contribution in [2.24, 2.45) is 0 Å². The van der Waals surface area contributed by atoms with Crippen molar-refractivity contribution in [3.63, 3.8) is 0 Å². The van der Waals surface area contributed by atoms with Crippen molar-refractivity contribution in [2.75, 3.05) is 0 Å². The second kappa shape index (κ2) is 13.0. The number of carbonyl (C=O) groups excluding carboxylic acids is 3. The van der Waals surface area contributed by atoms with Crippen molar-refractivity contribution in [2.45, 2.75) is 122 Å². The SMILES string of the molecule is CCCCCCCC(=O)NC12C(=O)c3ccccc3C1(OC(=O)CCCCCCC)Oc1cc(C(C)C)ccc12. The van der Waals surface area contributed by atoms with Crippen LogP contribution in [0.3, 0.4) is 0 Å². The number of amides is 1. The predicted octanol–water partition coefficient (Wildman–Crippen LogP) is 7.83. The Morgan fingerprint density at radius 1 is 0.850 bits per heavy atom. The lowest BCUT2D eigenvalue weighted by Crippen LogP contribution is -2.61. The molecule has 2 aromatic rings. The van der Waals surface area contributed by atoms with E-state index in [4.69, 9.17) is 9.47 Å². The molecule has 1 heterocycles. The fraction of sp³-hybridized carbons (Fsp3) is 0.559. The first-order valence-electron chi connectivity index (χ1n) is 15.3. The van der Waals surface area contributed by atoms with E-state index in [2.05, 4.69) is 33.0 Å². The Kier molecular flexibility index (Phi) is 9.70. The molecule has 0 spiro atoms. The number of nitrogens with one attached hydrogen (secondary N) is 1. The lowest BCUT2D eigenvalue weighted by atomic mass is 9.81. The van der Waals surface area contributed by atoms with Gasteiger partial charge in [0.2, 0.25) is 17.2 Å². The van der Waals surface area contributed by atoms with Gasteiger partial charge in [-0.25, -0.2) is 0 Å². The molecule has 0 radical (unpaired) electrons. The first-order chi connectivity index (χ1) is 19.3. The molecule has 6 nitrogen and oxygen atoms in total. The number of Topliss-reactive ketones (excluding diaryl/α,β-unsaturated/α-hetero) is 1. The largest absolute Gasteiger partial charge is 0.445 e. The molecule has 4 rings (SSSR count). The van der Waals surface area contributed by atoms with Crippen LogP contribution in [0.4, 0.5) is 0 Å². The molecule has 2 aliphatic rings. The monoisotopic (exact) mass is 547 g/mol. The third-order valence-corrected chi connectivity index (χ3v) is 8.27. The minimum atomic E-state index is -1.79. The normalized spacial score (nSPS) is 20.6. The number of ketones is 1. The van der Waals surface area contributed by atoms with Gasteiger partial charge in [0.05, 0.1) is 5.56 Å². The second-order valence-electron chi connectivity index (χ2n) is 11.6. The standard InChI is InChI=1S/C34H45NO5/c1-5-7-9-11-13-19-30(36)35-33-28-22-21-25(24(3)4)23-29(28)39-34(33,27-18-16-15-17-26(27)32(33)38)40-31(37)20-14-12-10-8-6-2/h15-18,21-24H,5-14,19-20H2,1-4H3,(H,35,36). The van der Waals surface area contributed by atoms with Gasteiger partial charge >= 0.3 is 11.8 Å². The number of unbranched alkanes of at least 4 members (excludes halogenated alkanes) is 8. The van der Waals surface area contributed by atoms with E-state index in [1.165, 1.54) is 0 Å². The van der Waals surface area contributed by atoms with Crippen molar-refractivity contribution >= 4 is 17.7 Å². The zero-order chi connectivity index (χ0) is 28.8. The Hall–Kier alpha value is -3.15. The topological polar surface area (TPSA) is 81.7 Å². The van der Waals surface area contributed by atoms with Gasteiger partial charge in [-0.1, -0.05) is 115 Å². The molecule has 216 valence electrons. The maximum absolute atomic E-state index is 14.4. The number of hydrogen-bond donors (Lipinski definition) is 1. The van der Waals surface area contributed by atoms with Crippen molar-refractivity contribution in [3.8, 4) is 5.75 Å². The average molecular weight is 548 g/mol. The predicted molar refractivity (Wildman–Crippen MR) is 156 cm³/mol. The highest BCUT2D eigenvalue weighted by Gasteiger charge is 2.74. The molecule has 2 aromatic carbocycles. The van der Waals surface area contributed by atoms with Crippen LogP contribution in [0.2, 0.25) is 0 Å². The van der Waals surface area contributed by atoms with Gasteiger partial charge in [0, 0.05) is 24.0 Å². The highest BCUT2D eigenvalue weighted by molar-refractivity contribution is 6.12. The number of esters is 1. The number of ether oxygens (including phenoxy) is 2. The summed E-state index contributed by atoms with van der Waals surface area (Å²) in [4.78, 5) is 41.2. The van der Waals surface area contributed by atoms with E-state index in [0.717, 1.165) is 63.4 Å². The molecule has 1 aliphatic carbocycles. The van der Waals surface area contributed by atoms with E-state index in [9.17, 15) is 14.4 Å². The van der Waals surface area contributed by atoms with E-state index in [1.807, 2.05) is 24.3 Å². The summed E-state index contributed by atoms with van der Waals surface area (Å²) in [5.74, 6) is -2.09. The average Bonchev–Trinajstić information content (AvgIpc) is 3.31. The van der Waals surface area contributed by atoms with Gasteiger partial charge in [-0.3, -0.25) is 14.4 Å². The van der Waals surface area contributed by atoms with E-state index >= 15 is 0 Å². The van der Waals surface area contributed by atoms with Crippen molar-refractivity contribution < 1.29 is 23.9 Å². The highest BCUT2D eigenvalue weighted by Crippen LogP contribution is 2.60. The molecular formula is C34H45NO5. The zero-order valence-electron chi connectivity index (χ0n) is 24.6. The van der Waals surface area contributed by atoms with Gasteiger partial charge in [-0.2, -0.15) is 0 Å². The molecular weight excluding hydrogens is 502 g/mol. The van der Waals surface area contributed by atoms with Gasteiger partial charge in [0.25, 0.3) is 0 Å². The molecule has 40 heavy (non-hydrogen) atoms. The van der Waals surface area contributed by atoms with Crippen LogP contribution >= 0.6 is 0 Å². The van der Waals surface area contributed by atoms with Crippen LogP contribution in [0.15, 0.2) is 42.5 Å². The van der Waals surface area contributed by atoms with Gasteiger partial charge in [-0.05, 0) is 30.4 Å². The number of hydrogen-bond acceptors (Lipinski definition) is 5. The Labute approximate surface area is 239 Å². The molecule has 1 amide bonds. The van der Waals surface area contributed by atoms with Crippen LogP contribution in [0, 0.1) is 0 Å². The molecule has 0 bridgehead atoms. The third kappa shape index (κ3) is 5.55. The van der Waals surface area contributed by atoms with Crippen molar-refractivity contribution in [1.29, 1.82) is 0 Å². The maximum atomic E-state index is 14.4. The Bertz CT molecular complexity index is 1220. The smallest absolute Gasteiger partial charge is 0.316 e. The molecule has 0 fully saturated rings. The molecule has 2 unspecified atom stereocenters. The van der Waals surface area contributed by atoms with Crippen LogP contribution < -0.4 is 10.1 Å². The Morgan fingerprint density at radius 3 is 2.17 bits per heavy atom. The van der Waals surface area contributed by atoms with Gasteiger partial charge in [0.15, 0.2) is 0 Å². The summed E-state index contributed by atoms with van der Waals surface area (Å²) < 4.78 is 12.9. The number of carbonyl (C=O) groups is 3. The Morgan fingerprint density at radius 2 is 1.50 bits per heavy atom. The van der Waals surface area contributed by atoms with Crippen LogP contribution in [0.25, 0.3) is 0 Å². The molecule has 0 saturated heterocycles. The molecule has 2 atom stereocenters. The lowest BCUT2D eigenvalue weighted by molar-refractivity contribution is -0.216. The first-order valence-corrected chi connectivity index (χ1v) is 15.3. The highest BCUT2D eigenvalue weighted by atomic mass is 16.7. The van der Waals surface area contributed by atoms with Crippen molar-refractivity contribution in [1.82, 2.24) is 5.32 Å². The number of fused-ring (bicyclic) bond motifs is 5.